The summed E-state index contributed by atoms with van der Waals surface area (Å²) in [5, 5.41) is 5.25. The minimum atomic E-state index is -0.430. The molecule has 6 nitrogen and oxygen atoms in total. The Morgan fingerprint density at radius 3 is 2.46 bits per heavy atom. The standard InChI is InChI=1S/C17H20FN3O3/c1-21(2)14(15-4-3-9-24-15)10-19-16(22)11-20-17(23)12-5-7-13(18)8-6-12/h3-9,14H,10-11H2,1-2H3,(H,19,22)(H,20,23). The normalized spacial score (nSPS) is 12.0. The van der Waals surface area contributed by atoms with Gasteiger partial charge in [0.2, 0.25) is 5.91 Å². The van der Waals surface area contributed by atoms with Gasteiger partial charge in [-0.25, -0.2) is 4.39 Å². The summed E-state index contributed by atoms with van der Waals surface area (Å²) < 4.78 is 18.2. The first kappa shape index (κ1) is 17.7. The van der Waals surface area contributed by atoms with Gasteiger partial charge in [0.1, 0.15) is 11.6 Å². The van der Waals surface area contributed by atoms with Crippen LogP contribution in [-0.4, -0.2) is 43.9 Å². The van der Waals surface area contributed by atoms with Crippen molar-refractivity contribution in [1.29, 1.82) is 0 Å². The molecule has 2 rings (SSSR count). The number of rotatable bonds is 7. The van der Waals surface area contributed by atoms with E-state index in [4.69, 9.17) is 4.42 Å². The molecule has 7 heteroatoms. The van der Waals surface area contributed by atoms with Crippen molar-refractivity contribution in [1.82, 2.24) is 15.5 Å². The van der Waals surface area contributed by atoms with Crippen molar-refractivity contribution in [3.63, 3.8) is 0 Å². The number of nitrogens with one attached hydrogen (secondary N) is 2. The molecule has 0 aliphatic rings. The molecule has 0 saturated heterocycles. The van der Waals surface area contributed by atoms with Crippen LogP contribution in [0.3, 0.4) is 0 Å². The Hall–Kier alpha value is -2.67. The van der Waals surface area contributed by atoms with Crippen molar-refractivity contribution in [3.05, 3.63) is 59.8 Å². The van der Waals surface area contributed by atoms with Crippen LogP contribution in [0.15, 0.2) is 47.1 Å². The van der Waals surface area contributed by atoms with Crippen molar-refractivity contribution in [2.75, 3.05) is 27.2 Å². The average molecular weight is 333 g/mol. The number of furan rings is 1. The lowest BCUT2D eigenvalue weighted by atomic mass is 10.2. The summed E-state index contributed by atoms with van der Waals surface area (Å²) in [5.41, 5.74) is 0.297. The number of nitrogens with zero attached hydrogens (tertiary/aromatic N) is 1. The van der Waals surface area contributed by atoms with Gasteiger partial charge in [-0.2, -0.15) is 0 Å². The molecule has 2 amide bonds. The molecule has 2 N–H and O–H groups in total. The maximum atomic E-state index is 12.8. The number of carbonyl (C=O) groups is 2. The minimum Gasteiger partial charge on any atom is -0.468 e. The van der Waals surface area contributed by atoms with Crippen molar-refractivity contribution in [2.24, 2.45) is 0 Å². The van der Waals surface area contributed by atoms with Gasteiger partial charge in [0.05, 0.1) is 18.8 Å². The molecule has 1 unspecified atom stereocenters. The van der Waals surface area contributed by atoms with E-state index in [1.807, 2.05) is 25.1 Å². The van der Waals surface area contributed by atoms with Crippen LogP contribution >= 0.6 is 0 Å². The number of halogens is 1. The maximum absolute atomic E-state index is 12.8. The molecule has 0 bridgehead atoms. The van der Waals surface area contributed by atoms with Crippen molar-refractivity contribution in [3.8, 4) is 0 Å². The summed E-state index contributed by atoms with van der Waals surface area (Å²) in [6, 6.07) is 8.64. The van der Waals surface area contributed by atoms with Crippen LogP contribution < -0.4 is 10.6 Å². The predicted octanol–water partition coefficient (Wildman–Crippen LogP) is 1.57. The molecular weight excluding hydrogens is 313 g/mol. The number of hydrogen-bond donors (Lipinski definition) is 2. The number of benzene rings is 1. The first-order valence-electron chi connectivity index (χ1n) is 7.47. The molecule has 0 aliphatic carbocycles. The Kier molecular flexibility index (Phi) is 6.08. The highest BCUT2D eigenvalue weighted by Gasteiger charge is 2.18. The van der Waals surface area contributed by atoms with E-state index in [0.29, 0.717) is 12.1 Å². The van der Waals surface area contributed by atoms with Gasteiger partial charge in [0.25, 0.3) is 5.91 Å². The van der Waals surface area contributed by atoms with Crippen LogP contribution in [-0.2, 0) is 4.79 Å². The molecule has 0 radical (unpaired) electrons. The first-order chi connectivity index (χ1) is 11.5. The van der Waals surface area contributed by atoms with E-state index in [1.54, 1.807) is 12.3 Å². The molecule has 1 atom stereocenters. The lowest BCUT2D eigenvalue weighted by Crippen LogP contribution is -2.40. The summed E-state index contributed by atoms with van der Waals surface area (Å²) in [4.78, 5) is 25.7. The summed E-state index contributed by atoms with van der Waals surface area (Å²) in [5.74, 6) is -0.420. The van der Waals surface area contributed by atoms with E-state index in [9.17, 15) is 14.0 Å². The molecule has 1 aromatic heterocycles. The Morgan fingerprint density at radius 2 is 1.88 bits per heavy atom. The molecule has 0 spiro atoms. The van der Waals surface area contributed by atoms with Crippen LogP contribution in [0.1, 0.15) is 22.2 Å². The molecule has 0 saturated carbocycles. The fourth-order valence-corrected chi connectivity index (χ4v) is 2.16. The van der Waals surface area contributed by atoms with Gasteiger partial charge in [-0.3, -0.25) is 14.5 Å². The molecule has 0 aliphatic heterocycles. The monoisotopic (exact) mass is 333 g/mol. The second-order valence-electron chi connectivity index (χ2n) is 5.49. The average Bonchev–Trinajstić information content (AvgIpc) is 3.07. The van der Waals surface area contributed by atoms with Crippen molar-refractivity contribution in [2.45, 2.75) is 6.04 Å². The highest BCUT2D eigenvalue weighted by atomic mass is 19.1. The third-order valence-corrected chi connectivity index (χ3v) is 3.50. The lowest BCUT2D eigenvalue weighted by Gasteiger charge is -2.22. The Balaban J connectivity index is 1.80. The molecular formula is C17H20FN3O3. The highest BCUT2D eigenvalue weighted by molar-refractivity contribution is 5.96. The van der Waals surface area contributed by atoms with Gasteiger partial charge >= 0.3 is 0 Å². The van der Waals surface area contributed by atoms with Crippen LogP contribution in [0.4, 0.5) is 4.39 Å². The van der Waals surface area contributed by atoms with E-state index in [2.05, 4.69) is 10.6 Å². The SMILES string of the molecule is CN(C)C(CNC(=O)CNC(=O)c1ccc(F)cc1)c1ccco1. The van der Waals surface area contributed by atoms with E-state index >= 15 is 0 Å². The topological polar surface area (TPSA) is 74.6 Å². The van der Waals surface area contributed by atoms with Crippen LogP contribution in [0.5, 0.6) is 0 Å². The molecule has 0 fully saturated rings. The van der Waals surface area contributed by atoms with Gasteiger partial charge < -0.3 is 15.1 Å². The zero-order chi connectivity index (χ0) is 17.5. The predicted molar refractivity (Wildman–Crippen MR) is 86.9 cm³/mol. The largest absolute Gasteiger partial charge is 0.468 e. The molecule has 128 valence electrons. The summed E-state index contributed by atoms with van der Waals surface area (Å²) in [6.07, 6.45) is 1.58. The van der Waals surface area contributed by atoms with Gasteiger partial charge in [0, 0.05) is 12.1 Å². The summed E-state index contributed by atoms with van der Waals surface area (Å²) in [6.45, 7) is 0.195. The van der Waals surface area contributed by atoms with Crippen molar-refractivity contribution < 1.29 is 18.4 Å². The minimum absolute atomic E-state index is 0.100. The Bertz CT molecular complexity index is 669. The second-order valence-corrected chi connectivity index (χ2v) is 5.49. The molecule has 2 aromatic rings. The number of carbonyl (C=O) groups excluding carboxylic acids is 2. The molecule has 24 heavy (non-hydrogen) atoms. The van der Waals surface area contributed by atoms with Crippen LogP contribution in [0, 0.1) is 5.82 Å². The lowest BCUT2D eigenvalue weighted by molar-refractivity contribution is -0.120. The van der Waals surface area contributed by atoms with E-state index in [0.717, 1.165) is 5.76 Å². The Morgan fingerprint density at radius 1 is 1.17 bits per heavy atom. The Labute approximate surface area is 139 Å². The van der Waals surface area contributed by atoms with Gasteiger partial charge in [-0.05, 0) is 50.5 Å². The third-order valence-electron chi connectivity index (χ3n) is 3.50. The third kappa shape index (κ3) is 4.92. The zero-order valence-electron chi connectivity index (χ0n) is 13.6. The fraction of sp³-hybridized carbons (Fsp3) is 0.294. The van der Waals surface area contributed by atoms with Crippen LogP contribution in [0.25, 0.3) is 0 Å². The number of hydrogen-bond acceptors (Lipinski definition) is 4. The smallest absolute Gasteiger partial charge is 0.251 e. The maximum Gasteiger partial charge on any atom is 0.251 e. The quantitative estimate of drug-likeness (QED) is 0.806. The molecule has 1 aromatic carbocycles. The van der Waals surface area contributed by atoms with E-state index in [1.165, 1.54) is 24.3 Å². The molecule has 1 heterocycles. The fourth-order valence-electron chi connectivity index (χ4n) is 2.16. The van der Waals surface area contributed by atoms with Crippen LogP contribution in [0.2, 0.25) is 0 Å². The highest BCUT2D eigenvalue weighted by Crippen LogP contribution is 2.17. The van der Waals surface area contributed by atoms with E-state index in [-0.39, 0.29) is 18.5 Å². The number of amides is 2. The van der Waals surface area contributed by atoms with E-state index < -0.39 is 11.7 Å². The van der Waals surface area contributed by atoms with Gasteiger partial charge in [-0.15, -0.1) is 0 Å². The zero-order valence-corrected chi connectivity index (χ0v) is 13.6. The number of likely N-dealkylation sites (N-methyl/N-ethyl adjacent to an activating group) is 1. The van der Waals surface area contributed by atoms with Gasteiger partial charge in [0.15, 0.2) is 0 Å². The summed E-state index contributed by atoms with van der Waals surface area (Å²) >= 11 is 0. The second kappa shape index (κ2) is 8.26. The van der Waals surface area contributed by atoms with Crippen molar-refractivity contribution >= 4 is 11.8 Å². The van der Waals surface area contributed by atoms with Gasteiger partial charge in [-0.1, -0.05) is 0 Å². The summed E-state index contributed by atoms with van der Waals surface area (Å²) in [7, 11) is 3.77. The first-order valence-corrected chi connectivity index (χ1v) is 7.47.